The minimum Gasteiger partial charge on any atom is -0.379 e. The Morgan fingerprint density at radius 2 is 2.05 bits per heavy atom. The molecule has 116 valence electrons. The Morgan fingerprint density at radius 3 is 2.67 bits per heavy atom. The van der Waals surface area contributed by atoms with Crippen molar-refractivity contribution in [2.24, 2.45) is 0 Å². The van der Waals surface area contributed by atoms with E-state index in [9.17, 15) is 18.7 Å². The number of amides is 1. The van der Waals surface area contributed by atoms with Gasteiger partial charge < -0.3 is 14.9 Å². The maximum absolute atomic E-state index is 13.2. The third kappa shape index (κ3) is 3.57. The van der Waals surface area contributed by atoms with Gasteiger partial charge in [-0.3, -0.25) is 4.79 Å². The molecule has 1 heterocycles. The summed E-state index contributed by atoms with van der Waals surface area (Å²) in [5.41, 5.74) is -0.892. The average Bonchev–Trinajstić information content (AvgIpc) is 2.39. The van der Waals surface area contributed by atoms with E-state index in [0.29, 0.717) is 24.9 Å². The van der Waals surface area contributed by atoms with Crippen LogP contribution < -0.4 is 0 Å². The number of piperidine rings is 1. The molecule has 1 aliphatic heterocycles. The van der Waals surface area contributed by atoms with E-state index in [-0.39, 0.29) is 19.0 Å². The number of aliphatic hydroxyl groups is 1. The molecular formula is C15H20F2N2O2. The number of hydrogen-bond donors (Lipinski definition) is 1. The van der Waals surface area contributed by atoms with Gasteiger partial charge in [-0.15, -0.1) is 0 Å². The molecule has 0 spiro atoms. The third-order valence-corrected chi connectivity index (χ3v) is 3.64. The first-order valence-electron chi connectivity index (χ1n) is 6.92. The monoisotopic (exact) mass is 298 g/mol. The lowest BCUT2D eigenvalue weighted by molar-refractivity contribution is -0.159. The Bertz CT molecular complexity index is 536. The van der Waals surface area contributed by atoms with Gasteiger partial charge in [0.05, 0.1) is 0 Å². The van der Waals surface area contributed by atoms with Crippen LogP contribution in [0.3, 0.4) is 0 Å². The summed E-state index contributed by atoms with van der Waals surface area (Å²) >= 11 is 0. The highest BCUT2D eigenvalue weighted by Gasteiger charge is 2.42. The lowest BCUT2D eigenvalue weighted by Crippen LogP contribution is -2.57. The predicted octanol–water partition coefficient (Wildman–Crippen LogP) is 1.38. The van der Waals surface area contributed by atoms with Crippen molar-refractivity contribution in [1.29, 1.82) is 0 Å². The average molecular weight is 298 g/mol. The van der Waals surface area contributed by atoms with Crippen LogP contribution in [0.5, 0.6) is 0 Å². The molecule has 0 radical (unpaired) electrons. The van der Waals surface area contributed by atoms with Crippen molar-refractivity contribution in [3.63, 3.8) is 0 Å². The number of halogens is 2. The molecular weight excluding hydrogens is 278 g/mol. The predicted molar refractivity (Wildman–Crippen MR) is 74.5 cm³/mol. The first-order chi connectivity index (χ1) is 9.82. The molecule has 21 heavy (non-hydrogen) atoms. The molecule has 1 saturated heterocycles. The summed E-state index contributed by atoms with van der Waals surface area (Å²) < 4.78 is 26.1. The maximum atomic E-state index is 13.2. The molecule has 0 bridgehead atoms. The van der Waals surface area contributed by atoms with Crippen LogP contribution in [0.1, 0.15) is 18.4 Å². The highest BCUT2D eigenvalue weighted by molar-refractivity contribution is 5.86. The minimum absolute atomic E-state index is 0.172. The van der Waals surface area contributed by atoms with E-state index in [1.54, 1.807) is 19.0 Å². The van der Waals surface area contributed by atoms with Gasteiger partial charge in [0.2, 0.25) is 0 Å². The molecule has 4 nitrogen and oxygen atoms in total. The number of likely N-dealkylation sites (tertiary alicyclic amines) is 1. The zero-order chi connectivity index (χ0) is 15.6. The van der Waals surface area contributed by atoms with Crippen LogP contribution in [0.4, 0.5) is 8.78 Å². The number of rotatable bonds is 4. The molecule has 0 aromatic heterocycles. The molecule has 1 N–H and O–H groups in total. The number of nitrogens with zero attached hydrogens (tertiary/aromatic N) is 2. The second-order valence-corrected chi connectivity index (χ2v) is 5.85. The van der Waals surface area contributed by atoms with Gasteiger partial charge >= 0.3 is 0 Å². The molecule has 0 aliphatic carbocycles. The van der Waals surface area contributed by atoms with Crippen LogP contribution in [0.15, 0.2) is 18.2 Å². The lowest BCUT2D eigenvalue weighted by Gasteiger charge is -2.39. The Labute approximate surface area is 123 Å². The topological polar surface area (TPSA) is 43.8 Å². The molecule has 0 saturated carbocycles. The fourth-order valence-electron chi connectivity index (χ4n) is 2.74. The van der Waals surface area contributed by atoms with Crippen molar-refractivity contribution < 1.29 is 18.7 Å². The Kier molecular flexibility index (Phi) is 4.58. The van der Waals surface area contributed by atoms with E-state index < -0.39 is 17.2 Å². The van der Waals surface area contributed by atoms with Gasteiger partial charge in [-0.2, -0.15) is 0 Å². The quantitative estimate of drug-likeness (QED) is 0.913. The SMILES string of the molecule is CN(C)C[C@@]1(O)CCCN(Cc2ccc(F)c(F)c2)C1=O. The van der Waals surface area contributed by atoms with Crippen molar-refractivity contribution in [3.05, 3.63) is 35.4 Å². The van der Waals surface area contributed by atoms with Crippen LogP contribution in [-0.2, 0) is 11.3 Å². The Balaban J connectivity index is 2.12. The number of carbonyl (C=O) groups is 1. The smallest absolute Gasteiger partial charge is 0.256 e. The van der Waals surface area contributed by atoms with Crippen LogP contribution in [-0.4, -0.2) is 53.6 Å². The van der Waals surface area contributed by atoms with E-state index in [1.807, 2.05) is 0 Å². The highest BCUT2D eigenvalue weighted by atomic mass is 19.2. The van der Waals surface area contributed by atoms with Crippen LogP contribution in [0, 0.1) is 11.6 Å². The highest BCUT2D eigenvalue weighted by Crippen LogP contribution is 2.25. The fraction of sp³-hybridized carbons (Fsp3) is 0.533. The van der Waals surface area contributed by atoms with E-state index in [1.165, 1.54) is 11.0 Å². The second kappa shape index (κ2) is 6.07. The van der Waals surface area contributed by atoms with Crippen molar-refractivity contribution in [1.82, 2.24) is 9.80 Å². The summed E-state index contributed by atoms with van der Waals surface area (Å²) in [6.07, 6.45) is 1.10. The molecule has 6 heteroatoms. The van der Waals surface area contributed by atoms with Crippen LogP contribution >= 0.6 is 0 Å². The van der Waals surface area contributed by atoms with Crippen molar-refractivity contribution in [2.75, 3.05) is 27.2 Å². The Morgan fingerprint density at radius 1 is 1.33 bits per heavy atom. The zero-order valence-electron chi connectivity index (χ0n) is 12.3. The van der Waals surface area contributed by atoms with Crippen molar-refractivity contribution >= 4 is 5.91 Å². The summed E-state index contributed by atoms with van der Waals surface area (Å²) in [6.45, 7) is 0.930. The van der Waals surface area contributed by atoms with E-state index in [2.05, 4.69) is 0 Å². The summed E-state index contributed by atoms with van der Waals surface area (Å²) in [4.78, 5) is 15.7. The molecule has 1 fully saturated rings. The second-order valence-electron chi connectivity index (χ2n) is 5.85. The van der Waals surface area contributed by atoms with Gasteiger partial charge in [0, 0.05) is 19.6 Å². The van der Waals surface area contributed by atoms with Gasteiger partial charge in [-0.05, 0) is 44.6 Å². The van der Waals surface area contributed by atoms with Crippen LogP contribution in [0.25, 0.3) is 0 Å². The maximum Gasteiger partial charge on any atom is 0.256 e. The normalized spacial score (nSPS) is 23.0. The van der Waals surface area contributed by atoms with Crippen LogP contribution in [0.2, 0.25) is 0 Å². The molecule has 0 unspecified atom stereocenters. The standard InChI is InChI=1S/C15H20F2N2O2/c1-18(2)10-15(21)6-3-7-19(14(15)20)9-11-4-5-12(16)13(17)8-11/h4-5,8,21H,3,6-7,9-10H2,1-2H3/t15-/m0/s1. The van der Waals surface area contributed by atoms with E-state index in [0.717, 1.165) is 12.1 Å². The number of likely N-dealkylation sites (N-methyl/N-ethyl adjacent to an activating group) is 1. The fourth-order valence-corrected chi connectivity index (χ4v) is 2.74. The van der Waals surface area contributed by atoms with Gasteiger partial charge in [0.1, 0.15) is 0 Å². The molecule has 1 aromatic carbocycles. The minimum atomic E-state index is -1.40. The summed E-state index contributed by atoms with van der Waals surface area (Å²) in [6, 6.07) is 3.58. The van der Waals surface area contributed by atoms with Crippen molar-refractivity contribution in [2.45, 2.75) is 25.0 Å². The first-order valence-corrected chi connectivity index (χ1v) is 6.92. The lowest BCUT2D eigenvalue weighted by atomic mass is 9.91. The zero-order valence-corrected chi connectivity index (χ0v) is 12.3. The van der Waals surface area contributed by atoms with E-state index >= 15 is 0 Å². The third-order valence-electron chi connectivity index (χ3n) is 3.64. The number of benzene rings is 1. The van der Waals surface area contributed by atoms with Gasteiger partial charge in [-0.1, -0.05) is 6.07 Å². The van der Waals surface area contributed by atoms with Crippen molar-refractivity contribution in [3.8, 4) is 0 Å². The summed E-state index contributed by atoms with van der Waals surface area (Å²) in [7, 11) is 3.58. The van der Waals surface area contributed by atoms with E-state index in [4.69, 9.17) is 0 Å². The molecule has 2 rings (SSSR count). The van der Waals surface area contributed by atoms with Gasteiger partial charge in [-0.25, -0.2) is 8.78 Å². The summed E-state index contributed by atoms with van der Waals surface area (Å²) in [5.74, 6) is -2.19. The molecule has 1 amide bonds. The summed E-state index contributed by atoms with van der Waals surface area (Å²) in [5, 5.41) is 10.5. The molecule has 1 aromatic rings. The number of hydrogen-bond acceptors (Lipinski definition) is 3. The first kappa shape index (κ1) is 15.9. The molecule has 1 atom stereocenters. The molecule has 1 aliphatic rings. The number of carbonyl (C=O) groups excluding carboxylic acids is 1. The van der Waals surface area contributed by atoms with Gasteiger partial charge in [0.15, 0.2) is 17.2 Å². The largest absolute Gasteiger partial charge is 0.379 e. The van der Waals surface area contributed by atoms with Gasteiger partial charge in [0.25, 0.3) is 5.91 Å². The Hall–Kier alpha value is -1.53.